The molecule has 0 aliphatic heterocycles. The van der Waals surface area contributed by atoms with Crippen molar-refractivity contribution in [2.24, 2.45) is 0 Å². The van der Waals surface area contributed by atoms with Gasteiger partial charge in [0.15, 0.2) is 0 Å². The van der Waals surface area contributed by atoms with Gasteiger partial charge in [-0.2, -0.15) is 0 Å². The number of alkyl halides is 3. The van der Waals surface area contributed by atoms with Crippen molar-refractivity contribution in [3.05, 3.63) is 0 Å². The molecule has 0 bridgehead atoms. The molecule has 0 N–H and O–H groups in total. The summed E-state index contributed by atoms with van der Waals surface area (Å²) in [6.45, 7) is 4.64. The van der Waals surface area contributed by atoms with E-state index in [-0.39, 0.29) is 0 Å². The molecule has 0 unspecified atom stereocenters. The molecule has 2 heteroatoms. The van der Waals surface area contributed by atoms with Gasteiger partial charge in [0.25, 0.3) is 0 Å². The molecule has 0 rings (SSSR count). The Kier molecular flexibility index (Phi) is 7.29. The van der Waals surface area contributed by atoms with Crippen LogP contribution in [0.15, 0.2) is 0 Å². The van der Waals surface area contributed by atoms with E-state index in [9.17, 15) is 0 Å². The first-order valence-corrected chi connectivity index (χ1v) is 6.80. The van der Waals surface area contributed by atoms with E-state index in [1.807, 2.05) is 0 Å². The topological polar surface area (TPSA) is 0 Å². The molecule has 0 saturated heterocycles. The molecule has 0 amide bonds. The Labute approximate surface area is 70.8 Å². The second kappa shape index (κ2) is 6.33. The van der Waals surface area contributed by atoms with Gasteiger partial charge in [-0.1, -0.05) is 0 Å². The van der Waals surface area contributed by atoms with E-state index in [2.05, 4.69) is 29.8 Å². The van der Waals surface area contributed by atoms with E-state index in [1.165, 1.54) is 16.2 Å². The third-order valence-electron chi connectivity index (χ3n) is 0.685. The van der Waals surface area contributed by atoms with Gasteiger partial charge in [0, 0.05) is 0 Å². The summed E-state index contributed by atoms with van der Waals surface area (Å²) in [5.41, 5.74) is 0. The Hall–Kier alpha value is 1.21. The molecule has 0 atom stereocenters. The Balaban J connectivity index is 2.72. The van der Waals surface area contributed by atoms with E-state index in [4.69, 9.17) is 0 Å². The van der Waals surface area contributed by atoms with E-state index in [1.54, 1.807) is 0 Å². The fraction of sp³-hybridized carbons (Fsp3) is 1.00. The maximum absolute atomic E-state index is 3.42. The van der Waals surface area contributed by atoms with Gasteiger partial charge in [0.2, 0.25) is 0 Å². The van der Waals surface area contributed by atoms with Crippen LogP contribution in [0.3, 0.4) is 0 Å². The molecule has 0 aliphatic carbocycles. The molecule has 0 aliphatic rings. The first-order valence-electron chi connectivity index (χ1n) is 2.91. The fourth-order valence-corrected chi connectivity index (χ4v) is 3.74. The van der Waals surface area contributed by atoms with Crippen LogP contribution in [0, 0.1) is 0 Å². The summed E-state index contributed by atoms with van der Waals surface area (Å²) in [6.07, 6.45) is 1.38. The van der Waals surface area contributed by atoms with E-state index in [0.29, 0.717) is 21.2 Å². The summed E-state index contributed by atoms with van der Waals surface area (Å²) in [6, 6.07) is 0. The summed E-state index contributed by atoms with van der Waals surface area (Å²) in [4.78, 5) is 0. The van der Waals surface area contributed by atoms with Crippen molar-refractivity contribution in [2.75, 3.05) is 9.76 Å². The van der Waals surface area contributed by atoms with E-state index in [0.717, 1.165) is 3.92 Å². The van der Waals surface area contributed by atoms with Crippen molar-refractivity contribution in [3.63, 3.8) is 0 Å². The second-order valence-electron chi connectivity index (χ2n) is 1.90. The van der Waals surface area contributed by atoms with Gasteiger partial charge in [0.1, 0.15) is 0 Å². The summed E-state index contributed by atoms with van der Waals surface area (Å²) < 4.78 is 2.48. The fourth-order valence-electron chi connectivity index (χ4n) is 0.346. The Morgan fingerprint density at radius 2 is 2.12 bits per heavy atom. The third-order valence-corrected chi connectivity index (χ3v) is 4.39. The van der Waals surface area contributed by atoms with Crippen LogP contribution in [0.2, 0.25) is 0 Å². The normalized spacial score (nSPS) is 11.0. The summed E-state index contributed by atoms with van der Waals surface area (Å²) in [5.74, 6) is 0. The number of rotatable bonds is 4. The molecular formula is C6H13BrI-. The number of halogens is 2. The van der Waals surface area contributed by atoms with Crippen molar-refractivity contribution in [1.29, 1.82) is 0 Å². The van der Waals surface area contributed by atoms with Gasteiger partial charge >= 0.3 is 71.1 Å². The van der Waals surface area contributed by atoms with Crippen LogP contribution in [-0.2, 0) is 0 Å². The van der Waals surface area contributed by atoms with Gasteiger partial charge in [-0.05, 0) is 0 Å². The first-order chi connectivity index (χ1) is 3.77. The average molecular weight is 292 g/mol. The predicted molar refractivity (Wildman–Crippen MR) is 38.4 cm³/mol. The van der Waals surface area contributed by atoms with Crippen LogP contribution in [0.1, 0.15) is 20.3 Å². The summed E-state index contributed by atoms with van der Waals surface area (Å²) >= 11 is 3.95. The van der Waals surface area contributed by atoms with Crippen LogP contribution < -0.4 is 21.2 Å². The van der Waals surface area contributed by atoms with Crippen LogP contribution >= 0.6 is 15.9 Å². The third kappa shape index (κ3) is 7.21. The first kappa shape index (κ1) is 9.21. The number of hydrogen-bond acceptors (Lipinski definition) is 0. The van der Waals surface area contributed by atoms with E-state index < -0.39 is 0 Å². The van der Waals surface area contributed by atoms with Crippen LogP contribution in [-0.4, -0.2) is 13.7 Å². The molecule has 0 fully saturated rings. The molecular weight excluding hydrogens is 279 g/mol. The zero-order valence-corrected chi connectivity index (χ0v) is 9.20. The second-order valence-corrected chi connectivity index (χ2v) is 7.14. The molecule has 0 radical (unpaired) electrons. The molecule has 0 spiro atoms. The van der Waals surface area contributed by atoms with Gasteiger partial charge < -0.3 is 0 Å². The van der Waals surface area contributed by atoms with Crippen molar-refractivity contribution in [3.8, 4) is 0 Å². The summed E-state index contributed by atoms with van der Waals surface area (Å²) in [7, 11) is 0. The molecule has 0 nitrogen and oxygen atoms in total. The minimum atomic E-state index is 0.529. The van der Waals surface area contributed by atoms with Crippen LogP contribution in [0.4, 0.5) is 0 Å². The minimum absolute atomic E-state index is 0.529. The molecule has 0 heterocycles. The molecule has 52 valence electrons. The zero-order chi connectivity index (χ0) is 6.41. The number of hydrogen-bond donors (Lipinski definition) is 0. The van der Waals surface area contributed by atoms with Gasteiger partial charge in [-0.25, -0.2) is 0 Å². The molecule has 0 aromatic rings. The standard InChI is InChI=1S/C6H13BrI/c1-6(2)8-5-3-4-7/h6H,3-5H2,1-2H3/q-1. The molecule has 0 saturated carbocycles. The Bertz CT molecular complexity index is 45.8. The van der Waals surface area contributed by atoms with Gasteiger partial charge in [-0.3, -0.25) is 0 Å². The predicted octanol–water partition coefficient (Wildman–Crippen LogP) is -0.731. The van der Waals surface area contributed by atoms with Crippen LogP contribution in [0.25, 0.3) is 0 Å². The van der Waals surface area contributed by atoms with Crippen molar-refractivity contribution in [2.45, 2.75) is 24.2 Å². The van der Waals surface area contributed by atoms with Crippen molar-refractivity contribution in [1.82, 2.24) is 0 Å². The Morgan fingerprint density at radius 3 is 2.50 bits per heavy atom. The zero-order valence-electron chi connectivity index (χ0n) is 5.45. The monoisotopic (exact) mass is 291 g/mol. The van der Waals surface area contributed by atoms with Crippen molar-refractivity contribution >= 4 is 15.9 Å². The quantitative estimate of drug-likeness (QED) is 0.364. The van der Waals surface area contributed by atoms with Crippen molar-refractivity contribution < 1.29 is 21.2 Å². The average Bonchev–Trinajstić information content (AvgIpc) is 1.66. The summed E-state index contributed by atoms with van der Waals surface area (Å²) in [5, 5.41) is 1.19. The Morgan fingerprint density at radius 1 is 1.50 bits per heavy atom. The van der Waals surface area contributed by atoms with Crippen LogP contribution in [0.5, 0.6) is 0 Å². The maximum atomic E-state index is 3.42. The SMILES string of the molecule is CC(C)[I-]CCCBr. The van der Waals surface area contributed by atoms with Gasteiger partial charge in [0.05, 0.1) is 0 Å². The molecule has 0 aromatic heterocycles. The van der Waals surface area contributed by atoms with E-state index >= 15 is 0 Å². The molecule has 0 aromatic carbocycles. The molecule has 8 heavy (non-hydrogen) atoms. The van der Waals surface area contributed by atoms with Gasteiger partial charge in [-0.15, -0.1) is 0 Å².